The maximum Gasteiger partial charge on any atom is 0.259 e. The topological polar surface area (TPSA) is 59.4 Å². The number of hydrogen-bond donors (Lipinski definition) is 1. The van der Waals surface area contributed by atoms with Crippen LogP contribution in [0.2, 0.25) is 0 Å². The van der Waals surface area contributed by atoms with Crippen molar-refractivity contribution in [3.8, 4) is 0 Å². The van der Waals surface area contributed by atoms with Crippen LogP contribution in [-0.4, -0.2) is 46.9 Å². The van der Waals surface area contributed by atoms with Crippen molar-refractivity contribution in [3.63, 3.8) is 0 Å². The van der Waals surface area contributed by atoms with Crippen LogP contribution in [0.4, 0.5) is 10.2 Å². The molecular weight excluding hydrogens is 311 g/mol. The van der Waals surface area contributed by atoms with Crippen molar-refractivity contribution >= 4 is 11.7 Å². The summed E-state index contributed by atoms with van der Waals surface area (Å²) in [6.07, 6.45) is 0. The number of ether oxygens (including phenoxy) is 1. The van der Waals surface area contributed by atoms with Gasteiger partial charge in [0.2, 0.25) is 0 Å². The second kappa shape index (κ2) is 5.90. The molecule has 1 aromatic carbocycles. The summed E-state index contributed by atoms with van der Waals surface area (Å²) >= 11 is 0. The lowest BCUT2D eigenvalue weighted by Gasteiger charge is -2.27. The molecule has 3 heterocycles. The van der Waals surface area contributed by atoms with Crippen LogP contribution in [0.1, 0.15) is 27.7 Å². The Balaban J connectivity index is 1.61. The van der Waals surface area contributed by atoms with E-state index in [0.29, 0.717) is 44.1 Å². The van der Waals surface area contributed by atoms with Crippen molar-refractivity contribution in [2.75, 3.05) is 31.6 Å². The minimum atomic E-state index is -0.264. The number of carbonyl (C=O) groups excluding carboxylic acids is 1. The molecule has 1 atom stereocenters. The van der Waals surface area contributed by atoms with Gasteiger partial charge >= 0.3 is 0 Å². The lowest BCUT2D eigenvalue weighted by Crippen LogP contribution is -2.41. The zero-order valence-corrected chi connectivity index (χ0v) is 13.5. The summed E-state index contributed by atoms with van der Waals surface area (Å²) in [5, 5.41) is 7.83. The average Bonchev–Trinajstić information content (AvgIpc) is 3.11. The Morgan fingerprint density at radius 2 is 2.17 bits per heavy atom. The number of nitrogens with one attached hydrogen (secondary N) is 1. The molecule has 0 spiro atoms. The van der Waals surface area contributed by atoms with Crippen LogP contribution in [0.3, 0.4) is 0 Å². The van der Waals surface area contributed by atoms with E-state index in [9.17, 15) is 9.18 Å². The third-order valence-electron chi connectivity index (χ3n) is 4.56. The number of carbonyl (C=O) groups is 1. The highest BCUT2D eigenvalue weighted by Crippen LogP contribution is 2.33. The fourth-order valence-electron chi connectivity index (χ4n) is 3.34. The summed E-state index contributed by atoms with van der Waals surface area (Å²) in [6, 6.07) is 6.43. The zero-order valence-electron chi connectivity index (χ0n) is 13.5. The number of aromatic nitrogens is 2. The number of rotatable bonds is 2. The van der Waals surface area contributed by atoms with Gasteiger partial charge in [0.15, 0.2) is 0 Å². The van der Waals surface area contributed by atoms with E-state index in [1.165, 1.54) is 12.1 Å². The Morgan fingerprint density at radius 1 is 1.38 bits per heavy atom. The first-order valence-corrected chi connectivity index (χ1v) is 8.10. The van der Waals surface area contributed by atoms with Crippen LogP contribution in [0.15, 0.2) is 24.3 Å². The number of halogens is 1. The summed E-state index contributed by atoms with van der Waals surface area (Å²) in [4.78, 5) is 14.7. The lowest BCUT2D eigenvalue weighted by atomic mass is 10.1. The van der Waals surface area contributed by atoms with Gasteiger partial charge in [-0.1, -0.05) is 12.1 Å². The second-order valence-corrected chi connectivity index (χ2v) is 6.15. The second-order valence-electron chi connectivity index (χ2n) is 6.15. The van der Waals surface area contributed by atoms with Gasteiger partial charge in [0, 0.05) is 13.1 Å². The van der Waals surface area contributed by atoms with Crippen molar-refractivity contribution < 1.29 is 13.9 Å². The van der Waals surface area contributed by atoms with Gasteiger partial charge in [0.05, 0.1) is 31.5 Å². The molecular formula is C17H19FN4O2. The van der Waals surface area contributed by atoms with E-state index in [-0.39, 0.29) is 17.8 Å². The van der Waals surface area contributed by atoms with Gasteiger partial charge < -0.3 is 15.0 Å². The molecule has 1 saturated heterocycles. The summed E-state index contributed by atoms with van der Waals surface area (Å²) in [6.45, 7) is 4.74. The minimum Gasteiger partial charge on any atom is -0.378 e. The fraction of sp³-hybridized carbons (Fsp3) is 0.412. The van der Waals surface area contributed by atoms with Gasteiger partial charge in [0.1, 0.15) is 17.2 Å². The number of nitrogens with zero attached hydrogens (tertiary/aromatic N) is 3. The zero-order chi connectivity index (χ0) is 16.7. The normalized spacial score (nSPS) is 19.9. The number of amides is 1. The molecule has 126 valence electrons. The van der Waals surface area contributed by atoms with Crippen molar-refractivity contribution in [1.29, 1.82) is 0 Å². The van der Waals surface area contributed by atoms with Gasteiger partial charge in [-0.15, -0.1) is 0 Å². The van der Waals surface area contributed by atoms with Gasteiger partial charge in [-0.25, -0.2) is 9.07 Å². The van der Waals surface area contributed by atoms with E-state index in [0.717, 1.165) is 11.4 Å². The van der Waals surface area contributed by atoms with Crippen LogP contribution in [0.5, 0.6) is 0 Å². The summed E-state index contributed by atoms with van der Waals surface area (Å²) in [7, 11) is 0. The lowest BCUT2D eigenvalue weighted by molar-refractivity contribution is 0.0303. The maximum atomic E-state index is 13.5. The molecule has 0 bridgehead atoms. The molecule has 0 radical (unpaired) electrons. The fourth-order valence-corrected chi connectivity index (χ4v) is 3.34. The highest BCUT2D eigenvalue weighted by atomic mass is 19.1. The Bertz CT molecular complexity index is 783. The van der Waals surface area contributed by atoms with Gasteiger partial charge in [-0.05, 0) is 24.6 Å². The first-order chi connectivity index (χ1) is 11.6. The molecule has 7 heteroatoms. The first-order valence-electron chi connectivity index (χ1n) is 8.10. The molecule has 2 aromatic rings. The molecule has 1 aromatic heterocycles. The maximum absolute atomic E-state index is 13.5. The Morgan fingerprint density at radius 3 is 2.92 bits per heavy atom. The number of hydrogen-bond acceptors (Lipinski definition) is 4. The van der Waals surface area contributed by atoms with Crippen LogP contribution in [0, 0.1) is 12.7 Å². The molecule has 6 nitrogen and oxygen atoms in total. The van der Waals surface area contributed by atoms with Crippen molar-refractivity contribution in [2.24, 2.45) is 0 Å². The van der Waals surface area contributed by atoms with Crippen molar-refractivity contribution in [3.05, 3.63) is 46.9 Å². The monoisotopic (exact) mass is 330 g/mol. The SMILES string of the molecule is Cc1nn2c(c1C(=O)N1CCOCC1)NC(c1cccc(F)c1)C2. The Labute approximate surface area is 139 Å². The molecule has 0 saturated carbocycles. The molecule has 0 aliphatic carbocycles. The first kappa shape index (κ1) is 15.1. The Hall–Kier alpha value is -2.41. The molecule has 2 aliphatic rings. The Kier molecular flexibility index (Phi) is 3.72. The number of benzene rings is 1. The predicted octanol–water partition coefficient (Wildman–Crippen LogP) is 1.97. The van der Waals surface area contributed by atoms with Crippen molar-refractivity contribution in [2.45, 2.75) is 19.5 Å². The number of anilines is 1. The highest BCUT2D eigenvalue weighted by molar-refractivity contribution is 6.00. The molecule has 4 rings (SSSR count). The third-order valence-corrected chi connectivity index (χ3v) is 4.56. The predicted molar refractivity (Wildman–Crippen MR) is 86.5 cm³/mol. The molecule has 24 heavy (non-hydrogen) atoms. The van der Waals surface area contributed by atoms with Gasteiger partial charge in [0.25, 0.3) is 5.91 Å². The largest absolute Gasteiger partial charge is 0.378 e. The summed E-state index contributed by atoms with van der Waals surface area (Å²) in [5.74, 6) is 0.433. The van der Waals surface area contributed by atoms with E-state index in [4.69, 9.17) is 4.74 Å². The molecule has 1 N–H and O–H groups in total. The third kappa shape index (κ3) is 2.54. The number of morpholine rings is 1. The van der Waals surface area contributed by atoms with E-state index in [1.54, 1.807) is 15.6 Å². The molecule has 1 amide bonds. The van der Waals surface area contributed by atoms with E-state index < -0.39 is 0 Å². The van der Waals surface area contributed by atoms with E-state index in [1.807, 2.05) is 13.0 Å². The number of aryl methyl sites for hydroxylation is 1. The molecule has 2 aliphatic heterocycles. The average molecular weight is 330 g/mol. The summed E-state index contributed by atoms with van der Waals surface area (Å²) in [5.41, 5.74) is 2.17. The minimum absolute atomic E-state index is 0.0237. The smallest absolute Gasteiger partial charge is 0.259 e. The highest BCUT2D eigenvalue weighted by Gasteiger charge is 2.32. The van der Waals surface area contributed by atoms with Gasteiger partial charge in [-0.3, -0.25) is 4.79 Å². The standard InChI is InChI=1S/C17H19FN4O2/c1-11-15(17(23)21-5-7-24-8-6-21)16-19-14(10-22(16)20-11)12-3-2-4-13(18)9-12/h2-4,9,14,19H,5-8,10H2,1H3. The summed E-state index contributed by atoms with van der Waals surface area (Å²) < 4.78 is 20.6. The van der Waals surface area contributed by atoms with Gasteiger partial charge in [-0.2, -0.15) is 5.10 Å². The van der Waals surface area contributed by atoms with E-state index >= 15 is 0 Å². The van der Waals surface area contributed by atoms with Crippen LogP contribution in [0.25, 0.3) is 0 Å². The number of fused-ring (bicyclic) bond motifs is 1. The van der Waals surface area contributed by atoms with Crippen LogP contribution < -0.4 is 5.32 Å². The van der Waals surface area contributed by atoms with E-state index in [2.05, 4.69) is 10.4 Å². The quantitative estimate of drug-likeness (QED) is 0.915. The molecule has 1 unspecified atom stereocenters. The van der Waals surface area contributed by atoms with Crippen molar-refractivity contribution in [1.82, 2.24) is 14.7 Å². The molecule has 1 fully saturated rings. The van der Waals surface area contributed by atoms with Crippen LogP contribution >= 0.6 is 0 Å². The van der Waals surface area contributed by atoms with Crippen LogP contribution in [-0.2, 0) is 11.3 Å².